The Morgan fingerprint density at radius 1 is 1.46 bits per heavy atom. The van der Waals surface area contributed by atoms with Crippen LogP contribution in [0, 0.1) is 5.92 Å². The Hall–Kier alpha value is -2.18. The van der Waals surface area contributed by atoms with Crippen molar-refractivity contribution in [1.29, 1.82) is 0 Å². The molecule has 1 unspecified atom stereocenters. The third kappa shape index (κ3) is 3.83. The maximum atomic E-state index is 12.5. The van der Waals surface area contributed by atoms with Gasteiger partial charge in [-0.15, -0.1) is 0 Å². The summed E-state index contributed by atoms with van der Waals surface area (Å²) in [6.07, 6.45) is 4.65. The van der Waals surface area contributed by atoms with E-state index in [1.165, 1.54) is 12.3 Å². The molecule has 0 radical (unpaired) electrons. The first-order chi connectivity index (χ1) is 11.5. The number of nitrogens with zero attached hydrogens (tertiary/aromatic N) is 1. The molecule has 0 saturated heterocycles. The molecule has 24 heavy (non-hydrogen) atoms. The molecular formula is C17H18ClN3O3. The van der Waals surface area contributed by atoms with E-state index in [2.05, 4.69) is 15.3 Å². The van der Waals surface area contributed by atoms with Gasteiger partial charge in [0.2, 0.25) is 0 Å². The van der Waals surface area contributed by atoms with E-state index in [1.54, 1.807) is 6.20 Å². The first kappa shape index (κ1) is 16.7. The molecule has 0 aliphatic heterocycles. The predicted octanol–water partition coefficient (Wildman–Crippen LogP) is 1.54. The quantitative estimate of drug-likeness (QED) is 0.764. The zero-order valence-corrected chi connectivity index (χ0v) is 13.7. The van der Waals surface area contributed by atoms with E-state index in [1.807, 2.05) is 18.2 Å². The second-order valence-corrected chi connectivity index (χ2v) is 6.46. The van der Waals surface area contributed by atoms with Crippen LogP contribution < -0.4 is 10.9 Å². The number of pyridine rings is 2. The molecule has 1 amide bonds. The lowest BCUT2D eigenvalue weighted by molar-refractivity contribution is 0.0238. The van der Waals surface area contributed by atoms with Crippen LogP contribution in [-0.2, 0) is 6.42 Å². The third-order valence-corrected chi connectivity index (χ3v) is 4.59. The van der Waals surface area contributed by atoms with Crippen molar-refractivity contribution in [3.8, 4) is 0 Å². The van der Waals surface area contributed by atoms with Gasteiger partial charge in [0, 0.05) is 30.6 Å². The Morgan fingerprint density at radius 2 is 2.25 bits per heavy atom. The fraction of sp³-hybridized carbons (Fsp3) is 0.353. The number of carbonyl (C=O) groups excluding carboxylic acids is 1. The van der Waals surface area contributed by atoms with Crippen molar-refractivity contribution in [2.24, 2.45) is 5.92 Å². The topological polar surface area (TPSA) is 95.1 Å². The number of halogens is 1. The number of hydrogen-bond donors (Lipinski definition) is 3. The molecule has 3 N–H and O–H groups in total. The van der Waals surface area contributed by atoms with Crippen LogP contribution in [0.3, 0.4) is 0 Å². The van der Waals surface area contributed by atoms with Crippen LogP contribution >= 0.6 is 11.6 Å². The van der Waals surface area contributed by atoms with E-state index >= 15 is 0 Å². The van der Waals surface area contributed by atoms with E-state index in [0.29, 0.717) is 24.8 Å². The van der Waals surface area contributed by atoms with Crippen molar-refractivity contribution in [1.82, 2.24) is 15.3 Å². The molecule has 2 heterocycles. The zero-order chi connectivity index (χ0) is 17.1. The molecule has 3 rings (SSSR count). The minimum atomic E-state index is -0.430. The predicted molar refractivity (Wildman–Crippen MR) is 90.0 cm³/mol. The van der Waals surface area contributed by atoms with Gasteiger partial charge in [-0.1, -0.05) is 17.7 Å². The van der Waals surface area contributed by atoms with E-state index in [-0.39, 0.29) is 29.0 Å². The number of carbonyl (C=O) groups is 1. The summed E-state index contributed by atoms with van der Waals surface area (Å²) in [7, 11) is 0. The largest absolute Gasteiger partial charge is 0.393 e. The van der Waals surface area contributed by atoms with Gasteiger partial charge in [0.15, 0.2) is 0 Å². The summed E-state index contributed by atoms with van der Waals surface area (Å²) in [5.41, 5.74) is 0.745. The van der Waals surface area contributed by atoms with E-state index < -0.39 is 5.56 Å². The van der Waals surface area contributed by atoms with E-state index in [4.69, 9.17) is 11.6 Å². The molecular weight excluding hydrogens is 330 g/mol. The van der Waals surface area contributed by atoms with E-state index in [9.17, 15) is 14.7 Å². The molecule has 126 valence electrons. The highest BCUT2D eigenvalue weighted by molar-refractivity contribution is 6.30. The highest BCUT2D eigenvalue weighted by Gasteiger charge is 2.35. The molecule has 1 saturated carbocycles. The molecule has 2 aromatic heterocycles. The van der Waals surface area contributed by atoms with Gasteiger partial charge >= 0.3 is 0 Å². The maximum absolute atomic E-state index is 12.5. The summed E-state index contributed by atoms with van der Waals surface area (Å²) in [5.74, 6) is -0.111. The number of nitrogens with one attached hydrogen (secondary N) is 2. The number of aliphatic hydroxyl groups is 1. The lowest BCUT2D eigenvalue weighted by atomic mass is 9.76. The van der Waals surface area contributed by atoms with Gasteiger partial charge < -0.3 is 15.4 Å². The third-order valence-electron chi connectivity index (χ3n) is 4.31. The summed E-state index contributed by atoms with van der Waals surface area (Å²) >= 11 is 5.78. The molecule has 6 nitrogen and oxygen atoms in total. The molecule has 7 heteroatoms. The first-order valence-electron chi connectivity index (χ1n) is 7.80. The van der Waals surface area contributed by atoms with E-state index in [0.717, 1.165) is 5.69 Å². The van der Waals surface area contributed by atoms with Crippen molar-refractivity contribution < 1.29 is 9.90 Å². The maximum Gasteiger partial charge on any atom is 0.266 e. The minimum Gasteiger partial charge on any atom is -0.393 e. The summed E-state index contributed by atoms with van der Waals surface area (Å²) in [6.45, 7) is 0. The standard InChI is InChI=1S/C17H18ClN3O3/c18-14-7-11(9-20-17(14)24)16(23)21-15(10-5-13(22)6-10)8-12-3-1-2-4-19-12/h1-4,7,9-10,13,15,22H,5-6,8H2,(H,20,24)(H,21,23). The molecule has 1 fully saturated rings. The second kappa shape index (κ2) is 7.15. The van der Waals surface area contributed by atoms with Gasteiger partial charge in [0.25, 0.3) is 11.5 Å². The number of rotatable bonds is 5. The second-order valence-electron chi connectivity index (χ2n) is 6.06. The average Bonchev–Trinajstić information content (AvgIpc) is 2.55. The Kier molecular flexibility index (Phi) is 4.97. The number of aromatic nitrogens is 2. The lowest BCUT2D eigenvalue weighted by Gasteiger charge is -2.38. The van der Waals surface area contributed by atoms with Crippen molar-refractivity contribution >= 4 is 17.5 Å². The van der Waals surface area contributed by atoms with Crippen molar-refractivity contribution in [3.63, 3.8) is 0 Å². The highest BCUT2D eigenvalue weighted by atomic mass is 35.5. The van der Waals surface area contributed by atoms with Crippen LogP contribution in [-0.4, -0.2) is 33.1 Å². The van der Waals surface area contributed by atoms with Crippen LogP contribution in [0.5, 0.6) is 0 Å². The molecule has 0 spiro atoms. The summed E-state index contributed by atoms with van der Waals surface area (Å²) in [6, 6.07) is 6.86. The summed E-state index contributed by atoms with van der Waals surface area (Å²) in [5, 5.41) is 12.5. The zero-order valence-electron chi connectivity index (χ0n) is 12.9. The Balaban J connectivity index is 1.74. The van der Waals surface area contributed by atoms with Gasteiger partial charge in [0.1, 0.15) is 5.02 Å². The summed E-state index contributed by atoms with van der Waals surface area (Å²) in [4.78, 5) is 30.5. The molecule has 2 aromatic rings. The molecule has 1 aliphatic rings. The molecule has 0 aromatic carbocycles. The number of aromatic amines is 1. The number of H-pyrrole nitrogens is 1. The number of aliphatic hydroxyl groups excluding tert-OH is 1. The molecule has 1 aliphatic carbocycles. The molecule has 0 bridgehead atoms. The highest BCUT2D eigenvalue weighted by Crippen LogP contribution is 2.31. The van der Waals surface area contributed by atoms with Gasteiger partial charge in [-0.05, 0) is 37.0 Å². The smallest absolute Gasteiger partial charge is 0.266 e. The van der Waals surface area contributed by atoms with Crippen LogP contribution in [0.2, 0.25) is 5.02 Å². The number of hydrogen-bond acceptors (Lipinski definition) is 4. The fourth-order valence-electron chi connectivity index (χ4n) is 2.88. The van der Waals surface area contributed by atoms with Crippen molar-refractivity contribution in [3.05, 3.63) is 63.3 Å². The Labute approximate surface area is 143 Å². The molecule has 1 atom stereocenters. The fourth-order valence-corrected chi connectivity index (χ4v) is 3.05. The Morgan fingerprint density at radius 3 is 2.88 bits per heavy atom. The minimum absolute atomic E-state index is 0.0250. The van der Waals surface area contributed by atoms with Gasteiger partial charge in [0.05, 0.1) is 11.7 Å². The van der Waals surface area contributed by atoms with Gasteiger partial charge in [-0.2, -0.15) is 0 Å². The van der Waals surface area contributed by atoms with Gasteiger partial charge in [-0.3, -0.25) is 14.6 Å². The van der Waals surface area contributed by atoms with Gasteiger partial charge in [-0.25, -0.2) is 0 Å². The Bertz CT molecular complexity index is 772. The van der Waals surface area contributed by atoms with Crippen LogP contribution in [0.1, 0.15) is 28.9 Å². The van der Waals surface area contributed by atoms with Crippen LogP contribution in [0.4, 0.5) is 0 Å². The summed E-state index contributed by atoms with van der Waals surface area (Å²) < 4.78 is 0. The SMILES string of the molecule is O=C(NC(Cc1ccccn1)C1CC(O)C1)c1c[nH]c(=O)c(Cl)c1. The number of amides is 1. The average molecular weight is 348 g/mol. The normalized spacial score (nSPS) is 20.9. The van der Waals surface area contributed by atoms with Crippen LogP contribution in [0.25, 0.3) is 0 Å². The van der Waals surface area contributed by atoms with Crippen molar-refractivity contribution in [2.75, 3.05) is 0 Å². The van der Waals surface area contributed by atoms with Crippen molar-refractivity contribution in [2.45, 2.75) is 31.4 Å². The van der Waals surface area contributed by atoms with Crippen LogP contribution in [0.15, 0.2) is 41.5 Å². The first-order valence-corrected chi connectivity index (χ1v) is 8.18. The lowest BCUT2D eigenvalue weighted by Crippen LogP contribution is -2.48. The monoisotopic (exact) mass is 347 g/mol.